The van der Waals surface area contributed by atoms with E-state index in [2.05, 4.69) is 6.58 Å². The van der Waals surface area contributed by atoms with E-state index in [1.54, 1.807) is 6.92 Å². The molecule has 1 rings (SSSR count). The van der Waals surface area contributed by atoms with Crippen molar-refractivity contribution in [2.24, 2.45) is 5.92 Å². The highest BCUT2D eigenvalue weighted by Gasteiger charge is 2.15. The molecule has 74 valence electrons. The van der Waals surface area contributed by atoms with Crippen molar-refractivity contribution < 1.29 is 9.53 Å². The van der Waals surface area contributed by atoms with Crippen LogP contribution >= 0.6 is 11.8 Å². The molecule has 1 saturated heterocycles. The molecule has 1 fully saturated rings. The largest absolute Gasteiger partial charge is 0.462 e. The zero-order valence-electron chi connectivity index (χ0n) is 8.04. The standard InChI is InChI=1S/C10H16O2S/c1-8(2)10(11)12-7-9-3-5-13-6-4-9/h9H,1,3-7H2,2H3. The zero-order chi connectivity index (χ0) is 9.68. The molecule has 0 amide bonds. The van der Waals surface area contributed by atoms with Gasteiger partial charge < -0.3 is 4.74 Å². The molecule has 1 aliphatic rings. The third-order valence-electron chi connectivity index (χ3n) is 2.14. The van der Waals surface area contributed by atoms with Gasteiger partial charge in [0.15, 0.2) is 0 Å². The maximum atomic E-state index is 11.1. The average Bonchev–Trinajstić information content (AvgIpc) is 2.15. The monoisotopic (exact) mass is 200 g/mol. The molecule has 3 heteroatoms. The third-order valence-corrected chi connectivity index (χ3v) is 3.19. The molecule has 0 bridgehead atoms. The van der Waals surface area contributed by atoms with Gasteiger partial charge in [-0.05, 0) is 37.2 Å². The van der Waals surface area contributed by atoms with Crippen LogP contribution in [0, 0.1) is 5.92 Å². The Labute approximate surface area is 83.7 Å². The molecule has 0 unspecified atom stereocenters. The Kier molecular flexibility index (Phi) is 4.36. The van der Waals surface area contributed by atoms with Gasteiger partial charge in [-0.2, -0.15) is 11.8 Å². The SMILES string of the molecule is C=C(C)C(=O)OCC1CCSCC1. The van der Waals surface area contributed by atoms with Crippen LogP contribution in [0.4, 0.5) is 0 Å². The Bertz CT molecular complexity index is 195. The number of rotatable bonds is 3. The maximum absolute atomic E-state index is 11.1. The van der Waals surface area contributed by atoms with E-state index in [4.69, 9.17) is 4.74 Å². The number of carbonyl (C=O) groups is 1. The lowest BCUT2D eigenvalue weighted by Gasteiger charge is -2.20. The molecular weight excluding hydrogens is 184 g/mol. The van der Waals surface area contributed by atoms with E-state index in [9.17, 15) is 4.79 Å². The molecule has 0 saturated carbocycles. The summed E-state index contributed by atoms with van der Waals surface area (Å²) in [6, 6.07) is 0. The van der Waals surface area contributed by atoms with Crippen molar-refractivity contribution in [3.63, 3.8) is 0 Å². The molecule has 0 atom stereocenters. The lowest BCUT2D eigenvalue weighted by molar-refractivity contribution is -0.140. The second-order valence-electron chi connectivity index (χ2n) is 3.43. The molecule has 0 aromatic rings. The van der Waals surface area contributed by atoms with E-state index in [0.717, 1.165) is 0 Å². The van der Waals surface area contributed by atoms with Gasteiger partial charge in [-0.15, -0.1) is 0 Å². The van der Waals surface area contributed by atoms with Gasteiger partial charge in [0.05, 0.1) is 6.61 Å². The van der Waals surface area contributed by atoms with Crippen molar-refractivity contribution in [1.29, 1.82) is 0 Å². The summed E-state index contributed by atoms with van der Waals surface area (Å²) >= 11 is 1.98. The fourth-order valence-corrected chi connectivity index (χ4v) is 2.43. The Hall–Kier alpha value is -0.440. The van der Waals surface area contributed by atoms with Crippen LogP contribution in [0.25, 0.3) is 0 Å². The molecule has 0 N–H and O–H groups in total. The smallest absolute Gasteiger partial charge is 0.333 e. The summed E-state index contributed by atoms with van der Waals surface area (Å²) in [5.74, 6) is 2.73. The summed E-state index contributed by atoms with van der Waals surface area (Å²) in [5.41, 5.74) is 0.491. The zero-order valence-corrected chi connectivity index (χ0v) is 8.86. The molecule has 0 aromatic heterocycles. The lowest BCUT2D eigenvalue weighted by atomic mass is 10.0. The third kappa shape index (κ3) is 3.85. The Morgan fingerprint density at radius 1 is 1.54 bits per heavy atom. The Balaban J connectivity index is 2.17. The summed E-state index contributed by atoms with van der Waals surface area (Å²) in [7, 11) is 0. The normalized spacial score (nSPS) is 18.2. The fourth-order valence-electron chi connectivity index (χ4n) is 1.23. The topological polar surface area (TPSA) is 26.3 Å². The van der Waals surface area contributed by atoms with Gasteiger partial charge in [0.25, 0.3) is 0 Å². The van der Waals surface area contributed by atoms with Crippen LogP contribution in [-0.4, -0.2) is 24.1 Å². The highest BCUT2D eigenvalue weighted by molar-refractivity contribution is 7.99. The van der Waals surface area contributed by atoms with Crippen LogP contribution in [-0.2, 0) is 9.53 Å². The highest BCUT2D eigenvalue weighted by Crippen LogP contribution is 2.22. The first-order chi connectivity index (χ1) is 6.20. The number of thioether (sulfide) groups is 1. The molecule has 2 nitrogen and oxygen atoms in total. The first-order valence-electron chi connectivity index (χ1n) is 4.60. The van der Waals surface area contributed by atoms with Crippen molar-refractivity contribution in [3.8, 4) is 0 Å². The summed E-state index contributed by atoms with van der Waals surface area (Å²) in [6.45, 7) is 5.80. The molecule has 0 aliphatic carbocycles. The van der Waals surface area contributed by atoms with Crippen molar-refractivity contribution in [3.05, 3.63) is 12.2 Å². The second kappa shape index (κ2) is 5.32. The predicted molar refractivity (Wildman–Crippen MR) is 55.8 cm³/mol. The van der Waals surface area contributed by atoms with Crippen LogP contribution in [0.3, 0.4) is 0 Å². The summed E-state index contributed by atoms with van der Waals surface area (Å²) in [6.07, 6.45) is 2.35. The highest BCUT2D eigenvalue weighted by atomic mass is 32.2. The van der Waals surface area contributed by atoms with Gasteiger partial charge >= 0.3 is 5.97 Å². The number of ether oxygens (including phenoxy) is 1. The van der Waals surface area contributed by atoms with Crippen molar-refractivity contribution in [2.45, 2.75) is 19.8 Å². The van der Waals surface area contributed by atoms with E-state index in [-0.39, 0.29) is 5.97 Å². The van der Waals surface area contributed by atoms with Crippen LogP contribution in [0.2, 0.25) is 0 Å². The Morgan fingerprint density at radius 3 is 2.69 bits per heavy atom. The van der Waals surface area contributed by atoms with Crippen molar-refractivity contribution in [1.82, 2.24) is 0 Å². The molecule has 0 aromatic carbocycles. The first-order valence-corrected chi connectivity index (χ1v) is 5.76. The van der Waals surface area contributed by atoms with E-state index in [1.807, 2.05) is 11.8 Å². The van der Waals surface area contributed by atoms with Crippen LogP contribution in [0.5, 0.6) is 0 Å². The number of hydrogen-bond acceptors (Lipinski definition) is 3. The van der Waals surface area contributed by atoms with Crippen molar-refractivity contribution >= 4 is 17.7 Å². The van der Waals surface area contributed by atoms with Gasteiger partial charge in [-0.3, -0.25) is 0 Å². The van der Waals surface area contributed by atoms with E-state index >= 15 is 0 Å². The molecule has 1 heterocycles. The minimum absolute atomic E-state index is 0.252. The Morgan fingerprint density at radius 2 is 2.15 bits per heavy atom. The maximum Gasteiger partial charge on any atom is 0.333 e. The van der Waals surface area contributed by atoms with Gasteiger partial charge in [0.1, 0.15) is 0 Å². The number of carbonyl (C=O) groups excluding carboxylic acids is 1. The minimum Gasteiger partial charge on any atom is -0.462 e. The van der Waals surface area contributed by atoms with Gasteiger partial charge in [-0.25, -0.2) is 4.79 Å². The molecule has 0 spiro atoms. The second-order valence-corrected chi connectivity index (χ2v) is 4.66. The lowest BCUT2D eigenvalue weighted by Crippen LogP contribution is -2.18. The first kappa shape index (κ1) is 10.6. The van der Waals surface area contributed by atoms with Crippen molar-refractivity contribution in [2.75, 3.05) is 18.1 Å². The quantitative estimate of drug-likeness (QED) is 0.516. The van der Waals surface area contributed by atoms with Gasteiger partial charge in [0.2, 0.25) is 0 Å². The van der Waals surface area contributed by atoms with Crippen LogP contribution in [0.15, 0.2) is 12.2 Å². The molecule has 0 radical (unpaired) electrons. The van der Waals surface area contributed by atoms with Gasteiger partial charge in [-0.1, -0.05) is 6.58 Å². The van der Waals surface area contributed by atoms with Gasteiger partial charge in [0, 0.05) is 5.57 Å². The minimum atomic E-state index is -0.252. The van der Waals surface area contributed by atoms with E-state index < -0.39 is 0 Å². The van der Waals surface area contributed by atoms with Crippen LogP contribution < -0.4 is 0 Å². The fraction of sp³-hybridized carbons (Fsp3) is 0.700. The predicted octanol–water partition coefficient (Wildman–Crippen LogP) is 2.25. The summed E-state index contributed by atoms with van der Waals surface area (Å²) in [5, 5.41) is 0. The number of esters is 1. The molecule has 1 aliphatic heterocycles. The summed E-state index contributed by atoms with van der Waals surface area (Å²) in [4.78, 5) is 11.1. The molecular formula is C10H16O2S. The van der Waals surface area contributed by atoms with E-state index in [1.165, 1.54) is 24.3 Å². The average molecular weight is 200 g/mol. The van der Waals surface area contributed by atoms with Crippen LogP contribution in [0.1, 0.15) is 19.8 Å². The van der Waals surface area contributed by atoms with E-state index in [0.29, 0.717) is 18.1 Å². The summed E-state index contributed by atoms with van der Waals surface area (Å²) < 4.78 is 5.10. The number of hydrogen-bond donors (Lipinski definition) is 0. The molecule has 13 heavy (non-hydrogen) atoms.